The van der Waals surface area contributed by atoms with Crippen LogP contribution in [0.25, 0.3) is 16.4 Å². The van der Waals surface area contributed by atoms with Gasteiger partial charge in [-0.2, -0.15) is 6.20 Å². The van der Waals surface area contributed by atoms with Gasteiger partial charge in [0.15, 0.2) is 0 Å². The molecule has 2 aromatic carbocycles. The summed E-state index contributed by atoms with van der Waals surface area (Å²) in [5.74, 6) is 0.328. The van der Waals surface area contributed by atoms with Crippen molar-refractivity contribution in [2.75, 3.05) is 5.17 Å². The van der Waals surface area contributed by atoms with Gasteiger partial charge in [-0.15, -0.1) is 0 Å². The van der Waals surface area contributed by atoms with Gasteiger partial charge in [0.25, 0.3) is 0 Å². The Bertz CT molecular complexity index is 907. The van der Waals surface area contributed by atoms with Crippen molar-refractivity contribution in [3.63, 3.8) is 0 Å². The molecule has 0 aliphatic carbocycles. The van der Waals surface area contributed by atoms with Crippen LogP contribution < -0.4 is 15.7 Å². The van der Waals surface area contributed by atoms with Gasteiger partial charge in [-0.3, -0.25) is 5.21 Å². The largest absolute Gasteiger partial charge is 0.581 e. The number of aromatic nitrogens is 2. The first-order valence-corrected chi connectivity index (χ1v) is 7.91. The Labute approximate surface area is 148 Å². The average molecular weight is 353 g/mol. The first-order chi connectivity index (χ1) is 12.2. The lowest BCUT2D eigenvalue weighted by Crippen LogP contribution is -2.41. The number of fused-ring (bicyclic) bond motifs is 1. The summed E-state index contributed by atoms with van der Waals surface area (Å²) in [6.07, 6.45) is 3.33. The van der Waals surface area contributed by atoms with Gasteiger partial charge in [-0.05, 0) is 41.0 Å². The number of hydrogen-bond donors (Lipinski definition) is 2. The number of nitrogens with one attached hydrogen (secondary N) is 1. The second-order valence-corrected chi connectivity index (χ2v) is 5.89. The molecule has 0 atom stereocenters. The second kappa shape index (κ2) is 6.46. The maximum atomic E-state index is 10.2. The fraction of sp³-hybridized carbons (Fsp3) is 0.0588. The molecule has 0 spiro atoms. The SMILES string of the molecule is ON1NC([N-]Cc2ccc(Cl)cc2)=Nc2ccc(-c3cn[n-]c3)cc21. The highest BCUT2D eigenvalue weighted by Crippen LogP contribution is 2.34. The van der Waals surface area contributed by atoms with Crippen molar-refractivity contribution in [1.82, 2.24) is 15.6 Å². The summed E-state index contributed by atoms with van der Waals surface area (Å²) >= 11 is 5.87. The molecule has 0 saturated heterocycles. The van der Waals surface area contributed by atoms with Crippen LogP contribution in [0, 0.1) is 0 Å². The van der Waals surface area contributed by atoms with Crippen LogP contribution in [0.5, 0.6) is 0 Å². The molecule has 0 amide bonds. The summed E-state index contributed by atoms with van der Waals surface area (Å²) in [5.41, 5.74) is 6.65. The number of nitrogens with zero attached hydrogens (tertiary/aromatic N) is 5. The minimum absolute atomic E-state index is 0.328. The van der Waals surface area contributed by atoms with E-state index < -0.39 is 0 Å². The summed E-state index contributed by atoms with van der Waals surface area (Å²) < 4.78 is 0. The van der Waals surface area contributed by atoms with Gasteiger partial charge in [0.05, 0.1) is 5.69 Å². The van der Waals surface area contributed by atoms with E-state index in [1.165, 1.54) is 0 Å². The molecule has 4 rings (SSSR count). The van der Waals surface area contributed by atoms with E-state index >= 15 is 0 Å². The third-order valence-corrected chi connectivity index (χ3v) is 4.01. The minimum Gasteiger partial charge on any atom is -0.581 e. The van der Waals surface area contributed by atoms with Gasteiger partial charge in [0.2, 0.25) is 0 Å². The van der Waals surface area contributed by atoms with Gasteiger partial charge in [-0.25, -0.2) is 5.17 Å². The van der Waals surface area contributed by atoms with E-state index in [4.69, 9.17) is 11.6 Å². The van der Waals surface area contributed by atoms with E-state index in [-0.39, 0.29) is 0 Å². The number of hydrogen-bond acceptors (Lipinski definition) is 5. The number of guanidine groups is 1. The van der Waals surface area contributed by atoms with Crippen molar-refractivity contribution in [1.29, 1.82) is 0 Å². The number of halogens is 1. The molecule has 1 aliphatic heterocycles. The third-order valence-electron chi connectivity index (χ3n) is 3.75. The molecule has 126 valence electrons. The Morgan fingerprint density at radius 2 is 2.00 bits per heavy atom. The van der Waals surface area contributed by atoms with Gasteiger partial charge >= 0.3 is 0 Å². The van der Waals surface area contributed by atoms with E-state index in [0.29, 0.717) is 28.9 Å². The third kappa shape index (κ3) is 3.28. The highest BCUT2D eigenvalue weighted by Gasteiger charge is 2.12. The molecule has 0 radical (unpaired) electrons. The summed E-state index contributed by atoms with van der Waals surface area (Å²) in [6, 6.07) is 12.9. The lowest BCUT2D eigenvalue weighted by atomic mass is 10.1. The molecule has 1 aliphatic rings. The molecule has 0 fully saturated rings. The minimum atomic E-state index is 0.328. The first-order valence-electron chi connectivity index (χ1n) is 7.53. The summed E-state index contributed by atoms with van der Waals surface area (Å²) in [4.78, 5) is 4.43. The maximum absolute atomic E-state index is 10.2. The molecule has 1 aromatic heterocycles. The predicted octanol–water partition coefficient (Wildman–Crippen LogP) is 3.63. The van der Waals surface area contributed by atoms with E-state index in [2.05, 4.69) is 25.9 Å². The number of hydrazine groups is 1. The smallest absolute Gasteiger partial charge is 0.0847 e. The zero-order chi connectivity index (χ0) is 17.2. The molecule has 3 aromatic rings. The quantitative estimate of drug-likeness (QED) is 0.751. The van der Waals surface area contributed by atoms with Crippen LogP contribution in [-0.2, 0) is 6.54 Å². The second-order valence-electron chi connectivity index (χ2n) is 5.45. The fourth-order valence-electron chi connectivity index (χ4n) is 2.46. The summed E-state index contributed by atoms with van der Waals surface area (Å²) in [5, 5.41) is 23.8. The highest BCUT2D eigenvalue weighted by molar-refractivity contribution is 6.30. The van der Waals surface area contributed by atoms with E-state index in [9.17, 15) is 5.21 Å². The van der Waals surface area contributed by atoms with Gasteiger partial charge in [-0.1, -0.05) is 29.8 Å². The number of benzene rings is 2. The summed E-state index contributed by atoms with van der Waals surface area (Å²) in [7, 11) is 0. The molecule has 2 heterocycles. The zero-order valence-corrected chi connectivity index (χ0v) is 13.7. The van der Waals surface area contributed by atoms with Crippen molar-refractivity contribution in [2.45, 2.75) is 6.54 Å². The Hall–Kier alpha value is -3.03. The van der Waals surface area contributed by atoms with Crippen LogP contribution >= 0.6 is 11.6 Å². The average Bonchev–Trinajstić information content (AvgIpc) is 3.16. The maximum Gasteiger partial charge on any atom is 0.0847 e. The molecule has 25 heavy (non-hydrogen) atoms. The number of rotatable bonds is 3. The standard InChI is InChI=1S/C17H13ClN6O/c18-14-4-1-11(2-5-14)8-19-17-22-15-6-3-12(13-9-20-21-10-13)7-16(15)24(25)23-17/h1-7,9-10,25H,8H2,(H-2,19,20,21,22,23)/q-2. The van der Waals surface area contributed by atoms with Crippen LogP contribution in [0.3, 0.4) is 0 Å². The Morgan fingerprint density at radius 3 is 2.76 bits per heavy atom. The zero-order valence-electron chi connectivity index (χ0n) is 13.0. The topological polar surface area (TPSA) is 88.9 Å². The van der Waals surface area contributed by atoms with Crippen LogP contribution in [0.1, 0.15) is 5.56 Å². The van der Waals surface area contributed by atoms with E-state index in [0.717, 1.165) is 21.9 Å². The van der Waals surface area contributed by atoms with Crippen molar-refractivity contribution >= 4 is 28.9 Å². The van der Waals surface area contributed by atoms with Gasteiger partial charge in [0, 0.05) is 29.4 Å². The van der Waals surface area contributed by atoms with Crippen molar-refractivity contribution in [3.05, 3.63) is 70.8 Å². The van der Waals surface area contributed by atoms with Crippen LogP contribution in [0.4, 0.5) is 11.4 Å². The molecular weight excluding hydrogens is 340 g/mol. The highest BCUT2D eigenvalue weighted by atomic mass is 35.5. The van der Waals surface area contributed by atoms with Gasteiger partial charge in [0.1, 0.15) is 0 Å². The summed E-state index contributed by atoms with van der Waals surface area (Å²) in [6.45, 7) is 0.426. The predicted molar refractivity (Wildman–Crippen MR) is 96.0 cm³/mol. The van der Waals surface area contributed by atoms with E-state index in [1.54, 1.807) is 18.5 Å². The molecular formula is C17H13ClN6O-2. The van der Waals surface area contributed by atoms with Crippen LogP contribution in [0.15, 0.2) is 59.9 Å². The Kier molecular flexibility index (Phi) is 4.01. The molecule has 2 N–H and O–H groups in total. The number of aliphatic imine (C=N–C) groups is 1. The lowest BCUT2D eigenvalue weighted by Gasteiger charge is -2.34. The lowest BCUT2D eigenvalue weighted by molar-refractivity contribution is 0.234. The van der Waals surface area contributed by atoms with E-state index in [1.807, 2.05) is 36.4 Å². The first kappa shape index (κ1) is 15.5. The van der Waals surface area contributed by atoms with Crippen molar-refractivity contribution in [2.24, 2.45) is 4.99 Å². The Morgan fingerprint density at radius 1 is 1.16 bits per heavy atom. The van der Waals surface area contributed by atoms with Crippen molar-refractivity contribution in [3.8, 4) is 11.1 Å². The van der Waals surface area contributed by atoms with Crippen LogP contribution in [0.2, 0.25) is 5.02 Å². The molecule has 0 unspecified atom stereocenters. The van der Waals surface area contributed by atoms with Gasteiger partial charge < -0.3 is 25.9 Å². The Balaban J connectivity index is 1.54. The molecule has 0 bridgehead atoms. The monoisotopic (exact) mass is 352 g/mol. The number of anilines is 1. The fourth-order valence-corrected chi connectivity index (χ4v) is 2.59. The molecule has 7 nitrogen and oxygen atoms in total. The van der Waals surface area contributed by atoms with Crippen molar-refractivity contribution < 1.29 is 5.21 Å². The molecule has 0 saturated carbocycles. The van der Waals surface area contributed by atoms with Crippen LogP contribution in [-0.4, -0.2) is 16.3 Å². The molecule has 8 heteroatoms. The normalized spacial score (nSPS) is 13.0.